The topological polar surface area (TPSA) is 210 Å². The van der Waals surface area contributed by atoms with Crippen LogP contribution in [0.5, 0.6) is 0 Å². The summed E-state index contributed by atoms with van der Waals surface area (Å²) in [5.74, 6) is -0.580. The molecule has 0 N–H and O–H groups in total. The van der Waals surface area contributed by atoms with Crippen LogP contribution in [-0.2, 0) is 47.5 Å². The van der Waals surface area contributed by atoms with Crippen LogP contribution in [0.15, 0.2) is 98.6 Å². The van der Waals surface area contributed by atoms with Gasteiger partial charge in [-0.05, 0) is 65.9 Å². The Morgan fingerprint density at radius 2 is 1.63 bits per heavy atom. The monoisotopic (exact) mass is 776 g/mol. The summed E-state index contributed by atoms with van der Waals surface area (Å²) in [6.45, 7) is 3.35. The summed E-state index contributed by atoms with van der Waals surface area (Å²) in [4.78, 5) is 65.4. The number of hydrogen-bond donors (Lipinski definition) is 0. The fraction of sp³-hybridized carbons (Fsp3) is 0.250. The van der Waals surface area contributed by atoms with Crippen molar-refractivity contribution in [1.82, 2.24) is 19.1 Å². The molecule has 1 atom stereocenters. The maximum Gasteiger partial charge on any atom is 0.519 e. The minimum Gasteiger partial charge on any atom is -0.454 e. The first-order valence-electron chi connectivity index (χ1n) is 18.0. The number of aromatic nitrogens is 4. The Kier molecular flexibility index (Phi) is 10.8. The number of ether oxygens (including phenoxy) is 1. The predicted molar refractivity (Wildman–Crippen MR) is 204 cm³/mol. The van der Waals surface area contributed by atoms with Crippen LogP contribution in [0.2, 0.25) is 0 Å². The van der Waals surface area contributed by atoms with Gasteiger partial charge in [0.25, 0.3) is 10.2 Å². The molecular formula is C40H36N6O11. The Hall–Kier alpha value is -7.30. The Balaban J connectivity index is 1.11. The second kappa shape index (κ2) is 16.2. The lowest BCUT2D eigenvalue weighted by molar-refractivity contribution is -0.790. The molecule has 0 saturated heterocycles. The van der Waals surface area contributed by atoms with Crippen molar-refractivity contribution in [2.75, 3.05) is 6.61 Å². The van der Waals surface area contributed by atoms with Crippen LogP contribution < -0.4 is 5.82 Å². The summed E-state index contributed by atoms with van der Waals surface area (Å²) in [6.07, 6.45) is -0.317. The van der Waals surface area contributed by atoms with E-state index in [1.54, 1.807) is 24.3 Å². The summed E-state index contributed by atoms with van der Waals surface area (Å²) in [5.41, 5.74) is 8.58. The van der Waals surface area contributed by atoms with E-state index < -0.39 is 47.7 Å². The zero-order valence-electron chi connectivity index (χ0n) is 31.1. The molecular weight excluding hydrogens is 740 g/mol. The number of benzene rings is 4. The predicted octanol–water partition coefficient (Wildman–Crippen LogP) is 6.80. The highest BCUT2D eigenvalue weighted by atomic mass is 17.0. The Morgan fingerprint density at radius 1 is 0.895 bits per heavy atom. The number of carbonyl (C=O) groups excluding carboxylic acids is 1. The van der Waals surface area contributed by atoms with Gasteiger partial charge in [0.15, 0.2) is 18.1 Å². The number of hydrogen-bond acceptors (Lipinski definition) is 13. The lowest BCUT2D eigenvalue weighted by Gasteiger charge is -2.13. The molecule has 0 fully saturated rings. The summed E-state index contributed by atoms with van der Waals surface area (Å²) in [6, 6.07) is 27.0. The van der Waals surface area contributed by atoms with Crippen LogP contribution >= 0.6 is 0 Å². The van der Waals surface area contributed by atoms with Crippen LogP contribution in [0.1, 0.15) is 52.2 Å². The van der Waals surface area contributed by atoms with Gasteiger partial charge in [-0.2, -0.15) is 0 Å². The number of fused-ring (bicyclic) bond motifs is 2. The van der Waals surface area contributed by atoms with E-state index in [0.717, 1.165) is 68.8 Å². The molecule has 0 amide bonds. The van der Waals surface area contributed by atoms with Gasteiger partial charge in [-0.25, -0.2) is 19.6 Å². The second-order valence-electron chi connectivity index (χ2n) is 13.3. The summed E-state index contributed by atoms with van der Waals surface area (Å²) < 4.78 is 19.8. The molecule has 4 aromatic carbocycles. The van der Waals surface area contributed by atoms with Gasteiger partial charge < -0.3 is 32.4 Å². The van der Waals surface area contributed by atoms with Crippen LogP contribution in [0.3, 0.4) is 0 Å². The molecule has 7 rings (SSSR count). The van der Waals surface area contributed by atoms with Gasteiger partial charge in [-0.1, -0.05) is 61.5 Å². The van der Waals surface area contributed by atoms with Crippen molar-refractivity contribution >= 4 is 28.0 Å². The fourth-order valence-electron chi connectivity index (χ4n) is 6.86. The quantitative estimate of drug-likeness (QED) is 0.0562. The van der Waals surface area contributed by atoms with Crippen LogP contribution in [0.25, 0.3) is 44.6 Å². The standard InChI is InChI=1S/C40H36N6O11/c1-4-9-36-42-37-24(2)18-27(38-41-31-12-7-8-13-32(31)43(38)3)19-33(37)44(36)21-25-14-16-26(17-15-25)29-10-5-6-11-30(29)39(47)53-23-35-34(55-40(48)56-35)20-28(57-46(51)52)22-54-45(49)50/h5-8,10-19,28H,4,9,20-23H2,1-3H3. The molecule has 0 aliphatic carbocycles. The van der Waals surface area contributed by atoms with Gasteiger partial charge in [0, 0.05) is 32.0 Å². The maximum absolute atomic E-state index is 13.4. The largest absolute Gasteiger partial charge is 0.519 e. The third kappa shape index (κ3) is 8.22. The molecule has 0 radical (unpaired) electrons. The van der Waals surface area contributed by atoms with E-state index in [9.17, 15) is 29.8 Å². The lowest BCUT2D eigenvalue weighted by atomic mass is 9.98. The van der Waals surface area contributed by atoms with Crippen LogP contribution in [0.4, 0.5) is 0 Å². The Morgan fingerprint density at radius 3 is 2.37 bits per heavy atom. The van der Waals surface area contributed by atoms with Crippen molar-refractivity contribution in [2.24, 2.45) is 7.05 Å². The minimum atomic E-state index is -1.52. The molecule has 0 saturated carbocycles. The highest BCUT2D eigenvalue weighted by Gasteiger charge is 2.25. The number of aryl methyl sites for hydroxylation is 3. The van der Waals surface area contributed by atoms with Crippen molar-refractivity contribution in [3.05, 3.63) is 150 Å². The zero-order valence-corrected chi connectivity index (χ0v) is 31.1. The normalized spacial score (nSPS) is 11.8. The van der Waals surface area contributed by atoms with Crippen LogP contribution in [0, 0.1) is 27.2 Å². The lowest BCUT2D eigenvalue weighted by Crippen LogP contribution is -2.27. The molecule has 57 heavy (non-hydrogen) atoms. The van der Waals surface area contributed by atoms with E-state index >= 15 is 0 Å². The number of nitrogens with zero attached hydrogens (tertiary/aromatic N) is 6. The van der Waals surface area contributed by atoms with Gasteiger partial charge >= 0.3 is 11.8 Å². The maximum atomic E-state index is 13.4. The molecule has 0 bridgehead atoms. The molecule has 0 aliphatic heterocycles. The van der Waals surface area contributed by atoms with E-state index in [1.165, 1.54) is 0 Å². The molecule has 17 heteroatoms. The number of para-hydroxylation sites is 2. The summed E-state index contributed by atoms with van der Waals surface area (Å²) in [5, 5.41) is 19.2. The first-order chi connectivity index (χ1) is 27.5. The molecule has 292 valence electrons. The van der Waals surface area contributed by atoms with E-state index in [1.807, 2.05) is 49.5 Å². The fourth-order valence-corrected chi connectivity index (χ4v) is 6.86. The van der Waals surface area contributed by atoms with Gasteiger partial charge in [0.05, 0.1) is 27.6 Å². The number of carbonyl (C=O) groups is 1. The molecule has 17 nitrogen and oxygen atoms in total. The van der Waals surface area contributed by atoms with E-state index in [2.05, 4.69) is 50.9 Å². The van der Waals surface area contributed by atoms with Gasteiger partial charge in [-0.3, -0.25) is 0 Å². The van der Waals surface area contributed by atoms with Crippen molar-refractivity contribution < 1.29 is 38.2 Å². The third-order valence-corrected chi connectivity index (χ3v) is 9.47. The Bertz CT molecular complexity index is 2670. The van der Waals surface area contributed by atoms with E-state index in [0.29, 0.717) is 12.1 Å². The SMILES string of the molecule is CCCc1nc2c(C)cc(-c3nc4ccccc4n3C)cc2n1Cc1ccc(-c2ccccc2C(=O)OCc2oc(=O)oc2CC(CO[N+](=O)[O-])O[N+](=O)[O-])cc1. The molecule has 3 heterocycles. The second-order valence-corrected chi connectivity index (χ2v) is 13.3. The van der Waals surface area contributed by atoms with Crippen molar-refractivity contribution in [2.45, 2.75) is 52.4 Å². The third-order valence-electron chi connectivity index (χ3n) is 9.47. The molecule has 0 spiro atoms. The van der Waals surface area contributed by atoms with Crippen molar-refractivity contribution in [3.8, 4) is 22.5 Å². The summed E-state index contributed by atoms with van der Waals surface area (Å²) >= 11 is 0. The highest BCUT2D eigenvalue weighted by molar-refractivity contribution is 5.97. The molecule has 3 aromatic heterocycles. The Labute approximate surface area is 323 Å². The van der Waals surface area contributed by atoms with E-state index in [-0.39, 0.29) is 17.1 Å². The summed E-state index contributed by atoms with van der Waals surface area (Å²) in [7, 11) is 2.02. The first kappa shape index (κ1) is 38.0. The average Bonchev–Trinajstić information content (AvgIpc) is 3.85. The minimum absolute atomic E-state index is 0.224. The molecule has 1 unspecified atom stereocenters. The van der Waals surface area contributed by atoms with Crippen molar-refractivity contribution in [3.63, 3.8) is 0 Å². The van der Waals surface area contributed by atoms with Crippen molar-refractivity contribution in [1.29, 1.82) is 0 Å². The highest BCUT2D eigenvalue weighted by Crippen LogP contribution is 2.31. The van der Waals surface area contributed by atoms with Gasteiger partial charge in [-0.15, -0.1) is 20.2 Å². The average molecular weight is 777 g/mol. The smallest absolute Gasteiger partial charge is 0.454 e. The van der Waals surface area contributed by atoms with Crippen LogP contribution in [-0.4, -0.2) is 48.0 Å². The first-order valence-corrected chi connectivity index (χ1v) is 18.0. The van der Waals surface area contributed by atoms with E-state index in [4.69, 9.17) is 23.5 Å². The van der Waals surface area contributed by atoms with Gasteiger partial charge in [0.2, 0.25) is 0 Å². The molecule has 0 aliphatic rings. The number of rotatable bonds is 16. The number of esters is 1. The number of imidazole rings is 2. The molecule has 7 aromatic rings. The van der Waals surface area contributed by atoms with Gasteiger partial charge in [0.1, 0.15) is 24.4 Å². The zero-order chi connectivity index (χ0) is 40.2.